The van der Waals surface area contributed by atoms with Crippen molar-refractivity contribution >= 4 is 49.0 Å². The van der Waals surface area contributed by atoms with Gasteiger partial charge in [-0.1, -0.05) is 15.9 Å². The summed E-state index contributed by atoms with van der Waals surface area (Å²) in [4.78, 5) is 8.79. The Bertz CT molecular complexity index is 780. The van der Waals surface area contributed by atoms with E-state index in [1.54, 1.807) is 6.20 Å². The van der Waals surface area contributed by atoms with E-state index in [0.717, 1.165) is 31.4 Å². The fourth-order valence-corrected chi connectivity index (χ4v) is 3.24. The van der Waals surface area contributed by atoms with Gasteiger partial charge in [0.05, 0.1) is 5.69 Å². The van der Waals surface area contributed by atoms with E-state index >= 15 is 0 Å². The molecule has 2 N–H and O–H groups in total. The average Bonchev–Trinajstić information content (AvgIpc) is 2.68. The summed E-state index contributed by atoms with van der Waals surface area (Å²) in [6, 6.07) is 7.82. The number of nitrogens with zero attached hydrogens (tertiary/aromatic N) is 3. The lowest BCUT2D eigenvalue weighted by Crippen LogP contribution is -2.02. The molecule has 0 aliphatic rings. The molecule has 0 amide bonds. The fraction of sp³-hybridized carbons (Fsp3) is 0.0769. The van der Waals surface area contributed by atoms with Crippen LogP contribution in [0.1, 0.15) is 5.56 Å². The van der Waals surface area contributed by atoms with E-state index in [4.69, 9.17) is 5.73 Å². The number of nitrogens with two attached hydrogens (primary N) is 1. The molecule has 0 radical (unpaired) electrons. The van der Waals surface area contributed by atoms with Crippen LogP contribution in [0.3, 0.4) is 0 Å². The zero-order chi connectivity index (χ0) is 13.6. The van der Waals surface area contributed by atoms with Gasteiger partial charge in [0.25, 0.3) is 0 Å². The normalized spacial score (nSPS) is 11.1. The smallest absolute Gasteiger partial charge is 0.207 e. The number of anilines is 1. The van der Waals surface area contributed by atoms with E-state index in [2.05, 4.69) is 41.8 Å². The van der Waals surface area contributed by atoms with Gasteiger partial charge < -0.3 is 5.73 Å². The Balaban J connectivity index is 2.36. The predicted octanol–water partition coefficient (Wildman–Crippen LogP) is 3.84. The molecule has 0 fully saturated rings. The molecular weight excluding hydrogens is 372 g/mol. The maximum absolute atomic E-state index is 6.04. The molecule has 6 heteroatoms. The van der Waals surface area contributed by atoms with Gasteiger partial charge in [0, 0.05) is 15.1 Å². The van der Waals surface area contributed by atoms with Gasteiger partial charge in [-0.25, -0.2) is 9.97 Å². The summed E-state index contributed by atoms with van der Waals surface area (Å²) in [5.74, 6) is 0.430. The van der Waals surface area contributed by atoms with Crippen molar-refractivity contribution in [3.63, 3.8) is 0 Å². The third-order valence-corrected chi connectivity index (χ3v) is 4.05. The molecule has 0 aliphatic carbocycles. The number of halogens is 2. The van der Waals surface area contributed by atoms with Crippen LogP contribution < -0.4 is 5.73 Å². The van der Waals surface area contributed by atoms with Crippen LogP contribution in [0.2, 0.25) is 0 Å². The van der Waals surface area contributed by atoms with Crippen LogP contribution in [0.15, 0.2) is 39.4 Å². The third-order valence-electron chi connectivity index (χ3n) is 2.92. The number of pyridine rings is 1. The summed E-state index contributed by atoms with van der Waals surface area (Å²) in [5, 5.41) is 0. The zero-order valence-corrected chi connectivity index (χ0v) is 13.2. The second-order valence-corrected chi connectivity index (χ2v) is 5.97. The van der Waals surface area contributed by atoms with Crippen LogP contribution in [-0.2, 0) is 0 Å². The van der Waals surface area contributed by atoms with Gasteiger partial charge in [0.2, 0.25) is 5.95 Å². The van der Waals surface area contributed by atoms with E-state index in [1.165, 1.54) is 0 Å². The SMILES string of the molecule is Cc1ccnc2c1nc(N)n2-c1ccc(Br)cc1Br. The molecule has 0 bridgehead atoms. The van der Waals surface area contributed by atoms with Crippen molar-refractivity contribution in [3.05, 3.63) is 45.0 Å². The summed E-state index contributed by atoms with van der Waals surface area (Å²) >= 11 is 6.98. The molecule has 0 spiro atoms. The van der Waals surface area contributed by atoms with Crippen LogP contribution >= 0.6 is 31.9 Å². The molecule has 2 aromatic heterocycles. The van der Waals surface area contributed by atoms with Gasteiger partial charge >= 0.3 is 0 Å². The minimum atomic E-state index is 0.430. The second kappa shape index (κ2) is 4.61. The topological polar surface area (TPSA) is 56.7 Å². The second-order valence-electron chi connectivity index (χ2n) is 4.20. The van der Waals surface area contributed by atoms with Gasteiger partial charge in [-0.2, -0.15) is 0 Å². The van der Waals surface area contributed by atoms with Crippen molar-refractivity contribution in [1.29, 1.82) is 0 Å². The van der Waals surface area contributed by atoms with Crippen molar-refractivity contribution in [2.45, 2.75) is 6.92 Å². The fourth-order valence-electron chi connectivity index (χ4n) is 2.01. The maximum Gasteiger partial charge on any atom is 0.207 e. The van der Waals surface area contributed by atoms with E-state index < -0.39 is 0 Å². The van der Waals surface area contributed by atoms with Crippen LogP contribution in [-0.4, -0.2) is 14.5 Å². The lowest BCUT2D eigenvalue weighted by molar-refractivity contribution is 1.07. The summed E-state index contributed by atoms with van der Waals surface area (Å²) in [7, 11) is 0. The van der Waals surface area contributed by atoms with E-state index in [-0.39, 0.29) is 0 Å². The van der Waals surface area contributed by atoms with E-state index in [9.17, 15) is 0 Å². The Morgan fingerprint density at radius 3 is 2.74 bits per heavy atom. The van der Waals surface area contributed by atoms with Gasteiger partial charge in [-0.15, -0.1) is 0 Å². The van der Waals surface area contributed by atoms with Crippen molar-refractivity contribution in [1.82, 2.24) is 14.5 Å². The Labute approximate surface area is 126 Å². The highest BCUT2D eigenvalue weighted by Crippen LogP contribution is 2.30. The third kappa shape index (κ3) is 2.04. The van der Waals surface area contributed by atoms with E-state index in [1.807, 2.05) is 35.8 Å². The maximum atomic E-state index is 6.04. The minimum absolute atomic E-state index is 0.430. The molecule has 3 aromatic rings. The van der Waals surface area contributed by atoms with Crippen LogP contribution in [0.5, 0.6) is 0 Å². The molecule has 4 nitrogen and oxygen atoms in total. The first kappa shape index (κ1) is 12.6. The zero-order valence-electron chi connectivity index (χ0n) is 10.1. The van der Waals surface area contributed by atoms with E-state index in [0.29, 0.717) is 5.95 Å². The highest BCUT2D eigenvalue weighted by atomic mass is 79.9. The number of rotatable bonds is 1. The molecule has 0 atom stereocenters. The summed E-state index contributed by atoms with van der Waals surface area (Å²) in [5.41, 5.74) is 9.61. The van der Waals surface area contributed by atoms with Gasteiger partial charge in [0.1, 0.15) is 5.52 Å². The first-order valence-electron chi connectivity index (χ1n) is 5.63. The summed E-state index contributed by atoms with van der Waals surface area (Å²) in [6.07, 6.45) is 1.77. The minimum Gasteiger partial charge on any atom is -0.369 e. The lowest BCUT2D eigenvalue weighted by atomic mass is 10.2. The molecule has 19 heavy (non-hydrogen) atoms. The Hall–Kier alpha value is -1.40. The number of nitrogen functional groups attached to an aromatic ring is 1. The largest absolute Gasteiger partial charge is 0.369 e. The van der Waals surface area contributed by atoms with Crippen molar-refractivity contribution < 1.29 is 0 Å². The Kier molecular flexibility index (Phi) is 3.06. The molecule has 0 saturated carbocycles. The van der Waals surface area contributed by atoms with Gasteiger partial charge in [-0.05, 0) is 52.7 Å². The van der Waals surface area contributed by atoms with Crippen molar-refractivity contribution in [2.24, 2.45) is 0 Å². The lowest BCUT2D eigenvalue weighted by Gasteiger charge is -2.08. The van der Waals surface area contributed by atoms with Gasteiger partial charge in [0.15, 0.2) is 5.65 Å². The Morgan fingerprint density at radius 1 is 1.21 bits per heavy atom. The van der Waals surface area contributed by atoms with Gasteiger partial charge in [-0.3, -0.25) is 4.57 Å². The number of imidazole rings is 1. The predicted molar refractivity (Wildman–Crippen MR) is 83.4 cm³/mol. The highest BCUT2D eigenvalue weighted by Gasteiger charge is 2.14. The number of aromatic nitrogens is 3. The van der Waals surface area contributed by atoms with Crippen molar-refractivity contribution in [3.8, 4) is 5.69 Å². The summed E-state index contributed by atoms with van der Waals surface area (Å²) in [6.45, 7) is 2.00. The number of aryl methyl sites for hydroxylation is 1. The number of fused-ring (bicyclic) bond motifs is 1. The van der Waals surface area contributed by atoms with Crippen LogP contribution in [0.25, 0.3) is 16.9 Å². The molecule has 96 valence electrons. The Morgan fingerprint density at radius 2 is 2.00 bits per heavy atom. The standard InChI is InChI=1S/C13H10Br2N4/c1-7-4-5-17-12-11(7)18-13(16)19(12)10-3-2-8(14)6-9(10)15/h2-6H,1H3,(H2,16,18). The molecule has 0 saturated heterocycles. The molecule has 0 aliphatic heterocycles. The first-order chi connectivity index (χ1) is 9.08. The van der Waals surface area contributed by atoms with Crippen LogP contribution in [0.4, 0.5) is 5.95 Å². The molecular formula is C13H10Br2N4. The monoisotopic (exact) mass is 380 g/mol. The number of hydrogen-bond acceptors (Lipinski definition) is 3. The highest BCUT2D eigenvalue weighted by molar-refractivity contribution is 9.11. The quantitative estimate of drug-likeness (QED) is 0.696. The number of benzene rings is 1. The molecule has 2 heterocycles. The molecule has 1 aromatic carbocycles. The molecule has 3 rings (SSSR count). The van der Waals surface area contributed by atoms with Crippen molar-refractivity contribution in [2.75, 3.05) is 5.73 Å². The summed E-state index contributed by atoms with van der Waals surface area (Å²) < 4.78 is 3.77. The van der Waals surface area contributed by atoms with Crippen LogP contribution in [0, 0.1) is 6.92 Å². The number of hydrogen-bond donors (Lipinski definition) is 1. The molecule has 0 unspecified atom stereocenters. The first-order valence-corrected chi connectivity index (χ1v) is 7.21. The average molecular weight is 382 g/mol.